The van der Waals surface area contributed by atoms with Crippen molar-refractivity contribution in [2.75, 3.05) is 23.9 Å². The molecule has 9 heteroatoms. The number of rotatable bonds is 7. The first-order valence-electron chi connectivity index (χ1n) is 11.1. The van der Waals surface area contributed by atoms with Crippen LogP contribution >= 0.6 is 0 Å². The normalized spacial score (nSPS) is 14.3. The second kappa shape index (κ2) is 11.0. The minimum absolute atomic E-state index is 0.116. The monoisotopic (exact) mass is 483 g/mol. The van der Waals surface area contributed by atoms with Crippen molar-refractivity contribution in [1.82, 2.24) is 9.88 Å². The highest BCUT2D eigenvalue weighted by molar-refractivity contribution is 6.04. The Morgan fingerprint density at radius 1 is 1.23 bits per heavy atom. The summed E-state index contributed by atoms with van der Waals surface area (Å²) in [4.78, 5) is 18.7. The van der Waals surface area contributed by atoms with Gasteiger partial charge in [0.2, 0.25) is 0 Å². The molecule has 1 aliphatic heterocycles. The largest absolute Gasteiger partial charge is 0.433 e. The van der Waals surface area contributed by atoms with Crippen LogP contribution in [0, 0.1) is 13.8 Å². The van der Waals surface area contributed by atoms with Crippen molar-refractivity contribution >= 4 is 23.6 Å². The summed E-state index contributed by atoms with van der Waals surface area (Å²) in [5.41, 5.74) is 2.72. The fourth-order valence-electron chi connectivity index (χ4n) is 3.45. The molecular formula is C26H28F3N5O. The number of hydrazone groups is 1. The predicted molar refractivity (Wildman–Crippen MR) is 133 cm³/mol. The number of allylic oxidation sites excluding steroid dienone is 4. The number of amides is 1. The highest BCUT2D eigenvalue weighted by atomic mass is 19.4. The van der Waals surface area contributed by atoms with Crippen LogP contribution in [0.5, 0.6) is 0 Å². The van der Waals surface area contributed by atoms with Crippen LogP contribution in [-0.4, -0.2) is 41.8 Å². The van der Waals surface area contributed by atoms with E-state index < -0.39 is 11.9 Å². The van der Waals surface area contributed by atoms with E-state index in [0.29, 0.717) is 18.5 Å². The van der Waals surface area contributed by atoms with E-state index in [2.05, 4.69) is 15.4 Å². The molecule has 1 aromatic heterocycles. The number of nitrogens with zero attached hydrogens (tertiary/aromatic N) is 4. The fourth-order valence-corrected chi connectivity index (χ4v) is 3.45. The van der Waals surface area contributed by atoms with E-state index in [-0.39, 0.29) is 17.4 Å². The molecule has 0 spiro atoms. The second-order valence-electron chi connectivity index (χ2n) is 8.22. The van der Waals surface area contributed by atoms with Crippen molar-refractivity contribution < 1.29 is 18.0 Å². The molecule has 1 aromatic carbocycles. The highest BCUT2D eigenvalue weighted by Crippen LogP contribution is 2.32. The Morgan fingerprint density at radius 3 is 2.60 bits per heavy atom. The number of carbonyl (C=O) groups is 1. The summed E-state index contributed by atoms with van der Waals surface area (Å²) in [6.07, 6.45) is 5.16. The zero-order valence-electron chi connectivity index (χ0n) is 20.1. The Hall–Kier alpha value is -3.88. The minimum atomic E-state index is -4.62. The standard InChI is InChI=1S/C26H28F3N5O/c1-5-23(26(27,28)29)34(31-13-12-20-7-6-14-33(4)17-20)22-10-11-24(30-16-22)32-25(35)21-9-8-18(2)19(3)15-21/h5-11,13-16H,12,17H2,1-4H3,(H,30,32,35)/b23-5-,31-13+. The third-order valence-electron chi connectivity index (χ3n) is 5.47. The van der Waals surface area contributed by atoms with E-state index in [0.717, 1.165) is 27.8 Å². The molecule has 35 heavy (non-hydrogen) atoms. The maximum absolute atomic E-state index is 13.7. The molecule has 0 bridgehead atoms. The number of nitrogens with one attached hydrogen (secondary N) is 1. The molecule has 1 aliphatic rings. The molecule has 184 valence electrons. The lowest BCUT2D eigenvalue weighted by molar-refractivity contribution is -0.0935. The maximum Gasteiger partial charge on any atom is 0.433 e. The lowest BCUT2D eigenvalue weighted by Crippen LogP contribution is -2.28. The van der Waals surface area contributed by atoms with Gasteiger partial charge in [-0.25, -0.2) is 9.99 Å². The van der Waals surface area contributed by atoms with E-state index >= 15 is 0 Å². The minimum Gasteiger partial charge on any atom is -0.376 e. The first-order chi connectivity index (χ1) is 16.6. The van der Waals surface area contributed by atoms with Gasteiger partial charge in [-0.2, -0.15) is 18.3 Å². The first kappa shape index (κ1) is 25.7. The number of hydrogen-bond donors (Lipinski definition) is 1. The number of aryl methyl sites for hydroxylation is 2. The van der Waals surface area contributed by atoms with Gasteiger partial charge in [-0.15, -0.1) is 0 Å². The van der Waals surface area contributed by atoms with Crippen LogP contribution in [0.2, 0.25) is 0 Å². The van der Waals surface area contributed by atoms with Crippen LogP contribution in [0.25, 0.3) is 0 Å². The fraction of sp³-hybridized carbons (Fsp3) is 0.269. The molecule has 1 amide bonds. The highest BCUT2D eigenvalue weighted by Gasteiger charge is 2.38. The molecule has 2 aromatic rings. The third-order valence-corrected chi connectivity index (χ3v) is 5.47. The van der Waals surface area contributed by atoms with Crippen LogP contribution in [0.15, 0.2) is 77.3 Å². The van der Waals surface area contributed by atoms with Crippen molar-refractivity contribution in [3.63, 3.8) is 0 Å². The van der Waals surface area contributed by atoms with Crippen molar-refractivity contribution in [2.45, 2.75) is 33.4 Å². The van der Waals surface area contributed by atoms with Crippen molar-refractivity contribution in [1.29, 1.82) is 0 Å². The van der Waals surface area contributed by atoms with Crippen LogP contribution in [0.3, 0.4) is 0 Å². The van der Waals surface area contributed by atoms with Gasteiger partial charge in [0.25, 0.3) is 5.91 Å². The SMILES string of the molecule is C/C=C(\N(/N=C/CC1=CC=CN(C)C1)c1ccc(NC(=O)c2ccc(C)c(C)c2)nc1)C(F)(F)F. The van der Waals surface area contributed by atoms with E-state index in [4.69, 9.17) is 0 Å². The summed E-state index contributed by atoms with van der Waals surface area (Å²) in [5.74, 6) is -0.135. The van der Waals surface area contributed by atoms with Gasteiger partial charge in [-0.05, 0) is 74.0 Å². The molecule has 0 saturated carbocycles. The molecular weight excluding hydrogens is 455 g/mol. The van der Waals surface area contributed by atoms with Gasteiger partial charge in [0.15, 0.2) is 0 Å². The summed E-state index contributed by atoms with van der Waals surface area (Å²) in [6.45, 7) is 5.84. The van der Waals surface area contributed by atoms with E-state index in [1.165, 1.54) is 31.5 Å². The maximum atomic E-state index is 13.7. The molecule has 0 unspecified atom stereocenters. The van der Waals surface area contributed by atoms with Gasteiger partial charge in [0.05, 0.1) is 11.9 Å². The van der Waals surface area contributed by atoms with Crippen LogP contribution in [0.1, 0.15) is 34.8 Å². The topological polar surface area (TPSA) is 60.8 Å². The summed E-state index contributed by atoms with van der Waals surface area (Å²) in [7, 11) is 1.92. The number of pyridine rings is 1. The molecule has 0 fully saturated rings. The molecule has 1 N–H and O–H groups in total. The average molecular weight is 484 g/mol. The lowest BCUT2D eigenvalue weighted by Gasteiger charge is -2.24. The number of halogens is 3. The molecule has 0 atom stereocenters. The average Bonchev–Trinajstić information content (AvgIpc) is 2.80. The lowest BCUT2D eigenvalue weighted by atomic mass is 10.1. The zero-order chi connectivity index (χ0) is 25.6. The van der Waals surface area contributed by atoms with Gasteiger partial charge in [0.1, 0.15) is 11.5 Å². The Bertz CT molecular complexity index is 1180. The van der Waals surface area contributed by atoms with Gasteiger partial charge in [-0.1, -0.05) is 18.2 Å². The zero-order valence-corrected chi connectivity index (χ0v) is 20.1. The van der Waals surface area contributed by atoms with E-state index in [1.807, 2.05) is 50.2 Å². The number of benzene rings is 1. The number of alkyl halides is 3. The van der Waals surface area contributed by atoms with Crippen molar-refractivity contribution in [2.24, 2.45) is 5.10 Å². The van der Waals surface area contributed by atoms with E-state index in [9.17, 15) is 18.0 Å². The van der Waals surface area contributed by atoms with Gasteiger partial charge in [-0.3, -0.25) is 4.79 Å². The number of aromatic nitrogens is 1. The van der Waals surface area contributed by atoms with Crippen LogP contribution in [-0.2, 0) is 0 Å². The second-order valence-corrected chi connectivity index (χ2v) is 8.22. The molecule has 3 rings (SSSR count). The summed E-state index contributed by atoms with van der Waals surface area (Å²) in [6, 6.07) is 8.21. The van der Waals surface area contributed by atoms with Crippen molar-refractivity contribution in [3.05, 3.63) is 88.9 Å². The predicted octanol–water partition coefficient (Wildman–Crippen LogP) is 5.98. The van der Waals surface area contributed by atoms with Gasteiger partial charge >= 0.3 is 6.18 Å². The quantitative estimate of drug-likeness (QED) is 0.389. The third kappa shape index (κ3) is 6.81. The van der Waals surface area contributed by atoms with Crippen LogP contribution < -0.4 is 10.3 Å². The molecule has 0 radical (unpaired) electrons. The molecule has 6 nitrogen and oxygen atoms in total. The number of anilines is 2. The molecule has 2 heterocycles. The number of hydrogen-bond acceptors (Lipinski definition) is 5. The smallest absolute Gasteiger partial charge is 0.376 e. The molecule has 0 aliphatic carbocycles. The van der Waals surface area contributed by atoms with Gasteiger partial charge < -0.3 is 10.2 Å². The van der Waals surface area contributed by atoms with Crippen LogP contribution in [0.4, 0.5) is 24.7 Å². The Balaban J connectivity index is 1.80. The Morgan fingerprint density at radius 2 is 2.00 bits per heavy atom. The Labute approximate surface area is 203 Å². The summed E-state index contributed by atoms with van der Waals surface area (Å²) >= 11 is 0. The summed E-state index contributed by atoms with van der Waals surface area (Å²) in [5, 5.41) is 7.60. The molecule has 0 saturated heterocycles. The summed E-state index contributed by atoms with van der Waals surface area (Å²) < 4.78 is 41.1. The van der Waals surface area contributed by atoms with E-state index in [1.54, 1.807) is 12.1 Å². The first-order valence-corrected chi connectivity index (χ1v) is 11.1. The number of carbonyl (C=O) groups excluding carboxylic acids is 1. The Kier molecular flexibility index (Phi) is 8.11. The number of likely N-dealkylation sites (N-methyl/N-ethyl adjacent to an activating group) is 1. The van der Waals surface area contributed by atoms with Crippen molar-refractivity contribution in [3.8, 4) is 0 Å². The van der Waals surface area contributed by atoms with Gasteiger partial charge in [0, 0.05) is 31.8 Å².